The molecule has 2 aromatic rings. The van der Waals surface area contributed by atoms with Crippen LogP contribution in [0.25, 0.3) is 0 Å². The first-order valence-corrected chi connectivity index (χ1v) is 12.0. The van der Waals surface area contributed by atoms with Gasteiger partial charge in [-0.15, -0.1) is 0 Å². The lowest BCUT2D eigenvalue weighted by Gasteiger charge is -2.36. The number of aryl methyl sites for hydroxylation is 1. The molecule has 1 saturated heterocycles. The Bertz CT molecular complexity index is 1090. The lowest BCUT2D eigenvalue weighted by atomic mass is 10.0. The zero-order valence-electron chi connectivity index (χ0n) is 17.5. The topological polar surface area (TPSA) is 90.6 Å². The number of hydrogen-bond acceptors (Lipinski definition) is 5. The molecule has 9 heteroatoms. The Morgan fingerprint density at radius 3 is 2.30 bits per heavy atom. The molecule has 1 aromatic carbocycles. The van der Waals surface area contributed by atoms with Crippen LogP contribution in [-0.2, 0) is 10.0 Å². The van der Waals surface area contributed by atoms with E-state index >= 15 is 0 Å². The van der Waals surface area contributed by atoms with Crippen LogP contribution in [0.4, 0.5) is 0 Å². The number of nitrogens with zero attached hydrogens (tertiary/aromatic N) is 2. The van der Waals surface area contributed by atoms with Crippen molar-refractivity contribution in [1.29, 1.82) is 0 Å². The van der Waals surface area contributed by atoms with Gasteiger partial charge in [-0.1, -0.05) is 22.0 Å². The number of Topliss-reactive ketones (excluding diaryl/α,β-unsaturated/α-hetero) is 2. The number of halogens is 1. The fourth-order valence-electron chi connectivity index (χ4n) is 4.01. The van der Waals surface area contributed by atoms with Gasteiger partial charge < -0.3 is 4.98 Å². The van der Waals surface area contributed by atoms with Crippen molar-refractivity contribution >= 4 is 37.5 Å². The van der Waals surface area contributed by atoms with Crippen LogP contribution in [-0.4, -0.2) is 66.4 Å². The van der Waals surface area contributed by atoms with Crippen LogP contribution in [0, 0.1) is 13.8 Å². The van der Waals surface area contributed by atoms with Crippen molar-refractivity contribution < 1.29 is 18.0 Å². The molecule has 3 rings (SSSR count). The minimum atomic E-state index is -3.58. The smallest absolute Gasteiger partial charge is 0.243 e. The van der Waals surface area contributed by atoms with Crippen molar-refractivity contribution in [2.45, 2.75) is 38.6 Å². The summed E-state index contributed by atoms with van der Waals surface area (Å²) in [4.78, 5) is 30.2. The van der Waals surface area contributed by atoms with E-state index in [1.807, 2.05) is 11.8 Å². The van der Waals surface area contributed by atoms with Crippen molar-refractivity contribution in [3.8, 4) is 0 Å². The van der Waals surface area contributed by atoms with Crippen molar-refractivity contribution in [3.63, 3.8) is 0 Å². The highest BCUT2D eigenvalue weighted by molar-refractivity contribution is 9.10. The molecule has 1 aromatic heterocycles. The molecule has 1 N–H and O–H groups in total. The molecule has 162 valence electrons. The highest BCUT2D eigenvalue weighted by Crippen LogP contribution is 2.24. The number of carbonyl (C=O) groups excluding carboxylic acids is 2. The zero-order chi connectivity index (χ0) is 22.2. The molecule has 1 fully saturated rings. The second kappa shape index (κ2) is 8.74. The molecule has 0 bridgehead atoms. The number of piperazine rings is 1. The SMILES string of the molecule is CC(=O)c1c(C)[nH]c(C(=O)C(C)N2CCN(S(=O)(=O)c3cccc(Br)c3)CC2)c1C. The first-order chi connectivity index (χ1) is 14.0. The van der Waals surface area contributed by atoms with Crippen molar-refractivity contribution in [1.82, 2.24) is 14.2 Å². The summed E-state index contributed by atoms with van der Waals surface area (Å²) in [5.74, 6) is -0.161. The second-order valence-electron chi connectivity index (χ2n) is 7.62. The van der Waals surface area contributed by atoms with Gasteiger partial charge in [-0.3, -0.25) is 14.5 Å². The van der Waals surface area contributed by atoms with Crippen molar-refractivity contribution in [3.05, 3.63) is 51.3 Å². The lowest BCUT2D eigenvalue weighted by Crippen LogP contribution is -2.53. The maximum atomic E-state index is 13.1. The highest BCUT2D eigenvalue weighted by atomic mass is 79.9. The van der Waals surface area contributed by atoms with E-state index in [-0.39, 0.29) is 16.5 Å². The normalized spacial score (nSPS) is 17.1. The van der Waals surface area contributed by atoms with E-state index in [1.54, 1.807) is 38.1 Å². The van der Waals surface area contributed by atoms with Crippen LogP contribution in [0.1, 0.15) is 46.0 Å². The van der Waals surface area contributed by atoms with E-state index in [0.717, 1.165) is 0 Å². The van der Waals surface area contributed by atoms with Crippen LogP contribution in [0.5, 0.6) is 0 Å². The third-order valence-corrected chi connectivity index (χ3v) is 8.06. The van der Waals surface area contributed by atoms with Gasteiger partial charge in [0.25, 0.3) is 0 Å². The van der Waals surface area contributed by atoms with E-state index in [9.17, 15) is 18.0 Å². The van der Waals surface area contributed by atoms with Gasteiger partial charge in [0.2, 0.25) is 10.0 Å². The Balaban J connectivity index is 1.71. The van der Waals surface area contributed by atoms with Gasteiger partial charge in [-0.25, -0.2) is 8.42 Å². The van der Waals surface area contributed by atoms with Gasteiger partial charge >= 0.3 is 0 Å². The van der Waals surface area contributed by atoms with Crippen LogP contribution in [0.3, 0.4) is 0 Å². The van der Waals surface area contributed by atoms with E-state index in [4.69, 9.17) is 0 Å². The maximum Gasteiger partial charge on any atom is 0.243 e. The summed E-state index contributed by atoms with van der Waals surface area (Å²) in [6.07, 6.45) is 0. The predicted octanol–water partition coefficient (Wildman–Crippen LogP) is 3.17. The number of H-pyrrole nitrogens is 1. The first kappa shape index (κ1) is 22.9. The van der Waals surface area contributed by atoms with E-state index in [0.29, 0.717) is 53.2 Å². The molecule has 0 amide bonds. The summed E-state index contributed by atoms with van der Waals surface area (Å²) in [7, 11) is -3.58. The zero-order valence-corrected chi connectivity index (χ0v) is 19.9. The van der Waals surface area contributed by atoms with Crippen LogP contribution < -0.4 is 0 Å². The average Bonchev–Trinajstić information content (AvgIpc) is 3.01. The minimum Gasteiger partial charge on any atom is -0.355 e. The highest BCUT2D eigenvalue weighted by Gasteiger charge is 2.33. The summed E-state index contributed by atoms with van der Waals surface area (Å²) in [6.45, 7) is 8.42. The van der Waals surface area contributed by atoms with Crippen LogP contribution in [0.2, 0.25) is 0 Å². The van der Waals surface area contributed by atoms with E-state index in [1.165, 1.54) is 11.2 Å². The summed E-state index contributed by atoms with van der Waals surface area (Å²) in [5.41, 5.74) is 2.39. The number of carbonyl (C=O) groups is 2. The molecular formula is C21H26BrN3O4S. The van der Waals surface area contributed by atoms with E-state index in [2.05, 4.69) is 20.9 Å². The number of benzene rings is 1. The second-order valence-corrected chi connectivity index (χ2v) is 10.5. The molecule has 2 heterocycles. The Labute approximate surface area is 185 Å². The third-order valence-electron chi connectivity index (χ3n) is 5.67. The number of aromatic amines is 1. The Hall–Kier alpha value is -1.81. The Kier molecular flexibility index (Phi) is 6.66. The van der Waals surface area contributed by atoms with Gasteiger partial charge in [0.1, 0.15) is 0 Å². The van der Waals surface area contributed by atoms with Crippen molar-refractivity contribution in [2.24, 2.45) is 0 Å². The fraction of sp³-hybridized carbons (Fsp3) is 0.429. The van der Waals surface area contributed by atoms with Crippen LogP contribution >= 0.6 is 15.9 Å². The monoisotopic (exact) mass is 495 g/mol. The molecular weight excluding hydrogens is 470 g/mol. The molecule has 0 spiro atoms. The summed E-state index contributed by atoms with van der Waals surface area (Å²) in [5, 5.41) is 0. The first-order valence-electron chi connectivity index (χ1n) is 9.78. The van der Waals surface area contributed by atoms with Crippen molar-refractivity contribution in [2.75, 3.05) is 26.2 Å². The molecule has 1 aliphatic rings. The number of rotatable bonds is 6. The van der Waals surface area contributed by atoms with Gasteiger partial charge in [-0.05, 0) is 51.5 Å². The maximum absolute atomic E-state index is 13.1. The predicted molar refractivity (Wildman–Crippen MR) is 119 cm³/mol. The summed E-state index contributed by atoms with van der Waals surface area (Å²) < 4.78 is 28.0. The average molecular weight is 496 g/mol. The summed E-state index contributed by atoms with van der Waals surface area (Å²) in [6, 6.07) is 6.24. The third kappa shape index (κ3) is 4.30. The van der Waals surface area contributed by atoms with Gasteiger partial charge in [0.05, 0.1) is 16.6 Å². The van der Waals surface area contributed by atoms with Gasteiger partial charge in [0.15, 0.2) is 11.6 Å². The number of ketones is 2. The quantitative estimate of drug-likeness (QED) is 0.621. The molecule has 0 radical (unpaired) electrons. The molecule has 0 saturated carbocycles. The molecule has 0 aliphatic carbocycles. The molecule has 1 atom stereocenters. The molecule has 1 aliphatic heterocycles. The Morgan fingerprint density at radius 1 is 1.13 bits per heavy atom. The number of nitrogens with one attached hydrogen (secondary N) is 1. The fourth-order valence-corrected chi connectivity index (χ4v) is 6.03. The minimum absolute atomic E-state index is 0.0701. The van der Waals surface area contributed by atoms with Crippen LogP contribution in [0.15, 0.2) is 33.6 Å². The standard InChI is InChI=1S/C21H26BrN3O4S/c1-13-19(16(4)26)14(2)23-20(13)21(27)15(3)24-8-10-25(11-9-24)30(28,29)18-7-5-6-17(22)12-18/h5-7,12,15,23H,8-11H2,1-4H3. The molecule has 30 heavy (non-hydrogen) atoms. The number of sulfonamides is 1. The largest absolute Gasteiger partial charge is 0.355 e. The molecule has 1 unspecified atom stereocenters. The number of aromatic nitrogens is 1. The van der Waals surface area contributed by atoms with E-state index < -0.39 is 16.1 Å². The van der Waals surface area contributed by atoms with Gasteiger partial charge in [0, 0.05) is 41.9 Å². The lowest BCUT2D eigenvalue weighted by molar-refractivity contribution is 0.0777. The summed E-state index contributed by atoms with van der Waals surface area (Å²) >= 11 is 3.31. The Morgan fingerprint density at radius 2 is 1.77 bits per heavy atom. The number of hydrogen-bond donors (Lipinski definition) is 1. The van der Waals surface area contributed by atoms with Gasteiger partial charge in [-0.2, -0.15) is 4.31 Å². The molecule has 7 nitrogen and oxygen atoms in total.